The lowest BCUT2D eigenvalue weighted by Gasteiger charge is -2.29. The van der Waals surface area contributed by atoms with Gasteiger partial charge in [-0.05, 0) is 18.3 Å². The molecule has 0 heterocycles. The summed E-state index contributed by atoms with van der Waals surface area (Å²) in [6.45, 7) is 9.05. The number of hydrogen-bond acceptors (Lipinski definition) is 3. The van der Waals surface area contributed by atoms with Crippen LogP contribution in [0.15, 0.2) is 0 Å². The van der Waals surface area contributed by atoms with Crippen molar-refractivity contribution in [2.45, 2.75) is 40.2 Å². The van der Waals surface area contributed by atoms with Gasteiger partial charge in [0.05, 0.1) is 6.10 Å². The number of methoxy groups -OCH3 is 1. The number of aliphatic hydroxyl groups excluding tert-OH is 1. The highest BCUT2D eigenvalue weighted by molar-refractivity contribution is 4.73. The summed E-state index contributed by atoms with van der Waals surface area (Å²) in [6.07, 6.45) is 1.19. The minimum atomic E-state index is 0.0809. The van der Waals surface area contributed by atoms with Crippen molar-refractivity contribution in [3.8, 4) is 0 Å². The molecule has 0 aliphatic heterocycles. The first kappa shape index (κ1) is 14.9. The van der Waals surface area contributed by atoms with E-state index in [9.17, 15) is 0 Å². The predicted molar refractivity (Wildman–Crippen MR) is 61.6 cm³/mol. The lowest BCUT2D eigenvalue weighted by Crippen LogP contribution is -2.32. The molecule has 0 amide bonds. The Morgan fingerprint density at radius 2 is 1.67 bits per heavy atom. The Kier molecular flexibility index (Phi) is 8.02. The molecule has 92 valence electrons. The third-order valence-corrected chi connectivity index (χ3v) is 2.63. The average Bonchev–Trinajstić information content (AvgIpc) is 2.16. The Labute approximate surface area is 93.8 Å². The number of rotatable bonds is 8. The van der Waals surface area contributed by atoms with Crippen LogP contribution in [0.1, 0.15) is 34.1 Å². The molecule has 0 aliphatic carbocycles. The molecule has 0 saturated carbocycles. The van der Waals surface area contributed by atoms with Gasteiger partial charge in [0.1, 0.15) is 6.79 Å². The number of hydrogen-bond donors (Lipinski definition) is 1. The minimum absolute atomic E-state index is 0.0809. The first-order valence-corrected chi connectivity index (χ1v) is 5.74. The van der Waals surface area contributed by atoms with Crippen LogP contribution >= 0.6 is 0 Å². The Bertz CT molecular complexity index is 148. The second-order valence-corrected chi connectivity index (χ2v) is 4.80. The summed E-state index contributed by atoms with van der Waals surface area (Å²) in [5.41, 5.74) is 0. The largest absolute Gasteiger partial charge is 0.396 e. The maximum atomic E-state index is 9.17. The van der Waals surface area contributed by atoms with Crippen LogP contribution in [-0.2, 0) is 9.47 Å². The van der Waals surface area contributed by atoms with Gasteiger partial charge in [-0.2, -0.15) is 0 Å². The van der Waals surface area contributed by atoms with Gasteiger partial charge in [-0.25, -0.2) is 0 Å². The summed E-state index contributed by atoms with van der Waals surface area (Å²) in [7, 11) is 1.62. The van der Waals surface area contributed by atoms with Crippen molar-refractivity contribution in [3.63, 3.8) is 0 Å². The van der Waals surface area contributed by atoms with E-state index in [-0.39, 0.29) is 18.6 Å². The fourth-order valence-corrected chi connectivity index (χ4v) is 2.02. The van der Waals surface area contributed by atoms with Crippen LogP contribution in [0, 0.1) is 17.8 Å². The van der Waals surface area contributed by atoms with E-state index in [1.807, 2.05) is 6.92 Å². The van der Waals surface area contributed by atoms with Gasteiger partial charge in [-0.15, -0.1) is 0 Å². The highest BCUT2D eigenvalue weighted by Gasteiger charge is 2.24. The van der Waals surface area contributed by atoms with Gasteiger partial charge in [0.25, 0.3) is 0 Å². The van der Waals surface area contributed by atoms with E-state index in [4.69, 9.17) is 14.6 Å². The van der Waals surface area contributed by atoms with Gasteiger partial charge in [0, 0.05) is 19.6 Å². The molecule has 0 aromatic heterocycles. The van der Waals surface area contributed by atoms with Crippen molar-refractivity contribution >= 4 is 0 Å². The average molecular weight is 218 g/mol. The Morgan fingerprint density at radius 3 is 2.07 bits per heavy atom. The number of ether oxygens (including phenoxy) is 2. The van der Waals surface area contributed by atoms with Crippen LogP contribution in [0.5, 0.6) is 0 Å². The van der Waals surface area contributed by atoms with Gasteiger partial charge in [-0.1, -0.05) is 27.7 Å². The van der Waals surface area contributed by atoms with Crippen molar-refractivity contribution in [1.29, 1.82) is 0 Å². The normalized spacial score (nSPS) is 17.8. The second-order valence-electron chi connectivity index (χ2n) is 4.80. The summed E-state index contributed by atoms with van der Waals surface area (Å²) in [5, 5.41) is 9.17. The predicted octanol–water partition coefficient (Wildman–Crippen LogP) is 2.29. The third kappa shape index (κ3) is 6.13. The van der Waals surface area contributed by atoms with Crippen LogP contribution in [0.25, 0.3) is 0 Å². The van der Waals surface area contributed by atoms with Crippen molar-refractivity contribution in [3.05, 3.63) is 0 Å². The second kappa shape index (κ2) is 8.08. The van der Waals surface area contributed by atoms with E-state index in [2.05, 4.69) is 20.8 Å². The first-order valence-electron chi connectivity index (χ1n) is 5.74. The minimum Gasteiger partial charge on any atom is -0.396 e. The zero-order chi connectivity index (χ0) is 11.8. The van der Waals surface area contributed by atoms with Crippen molar-refractivity contribution < 1.29 is 14.6 Å². The standard InChI is InChI=1S/C12H26O3/c1-9(2)6-10(3)12(11(4)7-13)15-8-14-5/h9-13H,6-8H2,1-5H3/t10-,11+,12-/m1/s1. The lowest BCUT2D eigenvalue weighted by atomic mass is 9.87. The van der Waals surface area contributed by atoms with Crippen molar-refractivity contribution in [2.75, 3.05) is 20.5 Å². The van der Waals surface area contributed by atoms with Crippen LogP contribution < -0.4 is 0 Å². The lowest BCUT2D eigenvalue weighted by molar-refractivity contribution is -0.115. The fraction of sp³-hybridized carbons (Fsp3) is 1.00. The van der Waals surface area contributed by atoms with Gasteiger partial charge in [0.15, 0.2) is 0 Å². The molecule has 3 atom stereocenters. The Hall–Kier alpha value is -0.120. The fourth-order valence-electron chi connectivity index (χ4n) is 2.02. The summed E-state index contributed by atoms with van der Waals surface area (Å²) in [5.74, 6) is 1.26. The molecular weight excluding hydrogens is 192 g/mol. The molecule has 3 nitrogen and oxygen atoms in total. The van der Waals surface area contributed by atoms with Crippen LogP contribution in [-0.4, -0.2) is 31.7 Å². The maximum Gasteiger partial charge on any atom is 0.146 e. The molecule has 0 bridgehead atoms. The Balaban J connectivity index is 4.19. The molecule has 3 heteroatoms. The highest BCUT2D eigenvalue weighted by atomic mass is 16.7. The summed E-state index contributed by atoms with van der Waals surface area (Å²) in [6, 6.07) is 0. The number of aliphatic hydroxyl groups is 1. The van der Waals surface area contributed by atoms with E-state index in [1.165, 1.54) is 0 Å². The summed E-state index contributed by atoms with van der Waals surface area (Å²) in [4.78, 5) is 0. The quantitative estimate of drug-likeness (QED) is 0.635. The van der Waals surface area contributed by atoms with E-state index in [1.54, 1.807) is 7.11 Å². The Morgan fingerprint density at radius 1 is 1.07 bits per heavy atom. The van der Waals surface area contributed by atoms with Crippen LogP contribution in [0.3, 0.4) is 0 Å². The smallest absolute Gasteiger partial charge is 0.146 e. The molecule has 0 aromatic carbocycles. The molecule has 0 aromatic rings. The van der Waals surface area contributed by atoms with Gasteiger partial charge in [-0.3, -0.25) is 0 Å². The zero-order valence-electron chi connectivity index (χ0n) is 10.7. The zero-order valence-corrected chi connectivity index (χ0v) is 10.7. The van der Waals surface area contributed by atoms with Crippen LogP contribution in [0.4, 0.5) is 0 Å². The van der Waals surface area contributed by atoms with E-state index in [0.29, 0.717) is 18.6 Å². The molecule has 0 fully saturated rings. The summed E-state index contributed by atoms with van der Waals surface area (Å²) < 4.78 is 10.5. The SMILES string of the molecule is COCO[C@H]([C@H](C)CC(C)C)[C@@H](C)CO. The van der Waals surface area contributed by atoms with Crippen molar-refractivity contribution in [1.82, 2.24) is 0 Å². The van der Waals surface area contributed by atoms with E-state index in [0.717, 1.165) is 6.42 Å². The molecule has 0 aliphatic rings. The topological polar surface area (TPSA) is 38.7 Å². The molecule has 0 saturated heterocycles. The van der Waals surface area contributed by atoms with E-state index >= 15 is 0 Å². The molecule has 0 unspecified atom stereocenters. The molecule has 1 N–H and O–H groups in total. The molecule has 15 heavy (non-hydrogen) atoms. The van der Waals surface area contributed by atoms with Crippen LogP contribution in [0.2, 0.25) is 0 Å². The third-order valence-electron chi connectivity index (χ3n) is 2.63. The molecule has 0 radical (unpaired) electrons. The molecular formula is C12H26O3. The molecule has 0 rings (SSSR count). The highest BCUT2D eigenvalue weighted by Crippen LogP contribution is 2.23. The van der Waals surface area contributed by atoms with E-state index < -0.39 is 0 Å². The monoisotopic (exact) mass is 218 g/mol. The van der Waals surface area contributed by atoms with Crippen molar-refractivity contribution in [2.24, 2.45) is 17.8 Å². The first-order chi connectivity index (χ1) is 7.02. The summed E-state index contributed by atoms with van der Waals surface area (Å²) >= 11 is 0. The van der Waals surface area contributed by atoms with Gasteiger partial charge < -0.3 is 14.6 Å². The van der Waals surface area contributed by atoms with Gasteiger partial charge in [0.2, 0.25) is 0 Å². The maximum absolute atomic E-state index is 9.17. The van der Waals surface area contributed by atoms with Gasteiger partial charge >= 0.3 is 0 Å². The molecule has 0 spiro atoms.